The molecule has 1 saturated heterocycles. The van der Waals surface area contributed by atoms with Gasteiger partial charge in [0.25, 0.3) is 0 Å². The Bertz CT molecular complexity index is 106. The van der Waals surface area contributed by atoms with Gasteiger partial charge in [0.1, 0.15) is 0 Å². The van der Waals surface area contributed by atoms with E-state index in [2.05, 4.69) is 0 Å². The Morgan fingerprint density at radius 1 is 1.36 bits per heavy atom. The minimum atomic E-state index is 0.377. The summed E-state index contributed by atoms with van der Waals surface area (Å²) in [4.78, 5) is 0. The highest BCUT2D eigenvalue weighted by atomic mass is 16.5. The third-order valence-corrected chi connectivity index (χ3v) is 2.30. The molecule has 2 atom stereocenters. The van der Waals surface area contributed by atoms with Crippen LogP contribution in [0.25, 0.3) is 0 Å². The Morgan fingerprint density at radius 2 is 2.18 bits per heavy atom. The third-order valence-electron chi connectivity index (χ3n) is 2.30. The van der Waals surface area contributed by atoms with E-state index in [1.54, 1.807) is 0 Å². The summed E-state index contributed by atoms with van der Waals surface area (Å²) in [6.07, 6.45) is 3.59. The van der Waals surface area contributed by atoms with Crippen molar-refractivity contribution in [2.45, 2.75) is 25.4 Å². The minimum Gasteiger partial charge on any atom is -0.378 e. The molecule has 11 heavy (non-hydrogen) atoms. The van der Waals surface area contributed by atoms with Crippen molar-refractivity contribution >= 4 is 0 Å². The van der Waals surface area contributed by atoms with E-state index < -0.39 is 0 Å². The first-order chi connectivity index (χ1) is 5.36. The zero-order valence-corrected chi connectivity index (χ0v) is 6.96. The van der Waals surface area contributed by atoms with Gasteiger partial charge in [-0.1, -0.05) is 0 Å². The summed E-state index contributed by atoms with van der Waals surface area (Å²) in [5.74, 6) is 0.667. The molecule has 0 saturated carbocycles. The Labute approximate surface area is 68.1 Å². The molecule has 1 aliphatic heterocycles. The Morgan fingerprint density at radius 3 is 2.82 bits per heavy atom. The van der Waals surface area contributed by atoms with Crippen molar-refractivity contribution in [1.82, 2.24) is 0 Å². The zero-order valence-electron chi connectivity index (χ0n) is 6.96. The Kier molecular flexibility index (Phi) is 3.83. The van der Waals surface area contributed by atoms with Gasteiger partial charge in [-0.25, -0.2) is 0 Å². The van der Waals surface area contributed by atoms with Crippen LogP contribution in [0.5, 0.6) is 0 Å². The van der Waals surface area contributed by atoms with Crippen molar-refractivity contribution in [3.63, 3.8) is 0 Å². The molecular formula is C8H18N2O. The van der Waals surface area contributed by atoms with Crippen LogP contribution in [-0.4, -0.2) is 25.8 Å². The second-order valence-electron chi connectivity index (χ2n) is 3.20. The monoisotopic (exact) mass is 158 g/mol. The number of rotatable bonds is 3. The van der Waals surface area contributed by atoms with Gasteiger partial charge in [-0.2, -0.15) is 0 Å². The van der Waals surface area contributed by atoms with Crippen LogP contribution < -0.4 is 11.5 Å². The van der Waals surface area contributed by atoms with Crippen molar-refractivity contribution in [1.29, 1.82) is 0 Å². The summed E-state index contributed by atoms with van der Waals surface area (Å²) in [6, 6.07) is 0. The summed E-state index contributed by atoms with van der Waals surface area (Å²) in [5.41, 5.74) is 11.0. The van der Waals surface area contributed by atoms with Crippen LogP contribution in [0.1, 0.15) is 19.3 Å². The fourth-order valence-corrected chi connectivity index (χ4v) is 1.56. The summed E-state index contributed by atoms with van der Waals surface area (Å²) < 4.78 is 5.51. The Balaban J connectivity index is 2.21. The molecule has 0 aliphatic carbocycles. The Hall–Kier alpha value is -0.120. The van der Waals surface area contributed by atoms with Gasteiger partial charge in [0.15, 0.2) is 0 Å². The quantitative estimate of drug-likeness (QED) is 0.612. The van der Waals surface area contributed by atoms with E-state index in [4.69, 9.17) is 16.2 Å². The smallest absolute Gasteiger partial charge is 0.0590 e. The van der Waals surface area contributed by atoms with Crippen LogP contribution >= 0.6 is 0 Å². The molecule has 0 aromatic rings. The van der Waals surface area contributed by atoms with Gasteiger partial charge in [-0.3, -0.25) is 0 Å². The maximum Gasteiger partial charge on any atom is 0.0590 e. The van der Waals surface area contributed by atoms with Crippen molar-refractivity contribution < 1.29 is 4.74 Å². The molecule has 2 unspecified atom stereocenters. The predicted molar refractivity (Wildman–Crippen MR) is 45.2 cm³/mol. The summed E-state index contributed by atoms with van der Waals surface area (Å²) in [5, 5.41) is 0. The van der Waals surface area contributed by atoms with Crippen molar-refractivity contribution in [2.24, 2.45) is 17.4 Å². The maximum absolute atomic E-state index is 5.57. The number of ether oxygens (including phenoxy) is 1. The molecule has 0 bridgehead atoms. The molecule has 66 valence electrons. The lowest BCUT2D eigenvalue weighted by molar-refractivity contribution is -0.00967. The van der Waals surface area contributed by atoms with E-state index >= 15 is 0 Å². The van der Waals surface area contributed by atoms with E-state index in [0.717, 1.165) is 39.0 Å². The highest BCUT2D eigenvalue weighted by Crippen LogP contribution is 2.20. The fraction of sp³-hybridized carbons (Fsp3) is 1.00. The minimum absolute atomic E-state index is 0.377. The van der Waals surface area contributed by atoms with Gasteiger partial charge < -0.3 is 16.2 Å². The van der Waals surface area contributed by atoms with E-state index in [0.29, 0.717) is 12.0 Å². The highest BCUT2D eigenvalue weighted by Gasteiger charge is 2.20. The van der Waals surface area contributed by atoms with Gasteiger partial charge >= 0.3 is 0 Å². The first-order valence-electron chi connectivity index (χ1n) is 4.38. The lowest BCUT2D eigenvalue weighted by atomic mass is 9.94. The molecule has 0 aromatic carbocycles. The molecule has 1 fully saturated rings. The molecule has 1 rings (SSSR count). The molecule has 0 aromatic heterocycles. The maximum atomic E-state index is 5.57. The number of hydrogen-bond acceptors (Lipinski definition) is 3. The van der Waals surface area contributed by atoms with Crippen molar-refractivity contribution in [3.05, 3.63) is 0 Å². The van der Waals surface area contributed by atoms with Crippen molar-refractivity contribution in [2.75, 3.05) is 19.7 Å². The van der Waals surface area contributed by atoms with E-state index in [1.165, 1.54) is 0 Å². The molecule has 3 heteroatoms. The second kappa shape index (κ2) is 4.70. The topological polar surface area (TPSA) is 61.3 Å². The molecule has 0 spiro atoms. The first-order valence-corrected chi connectivity index (χ1v) is 4.38. The molecular weight excluding hydrogens is 140 g/mol. The number of nitrogens with two attached hydrogens (primary N) is 2. The predicted octanol–water partition coefficient (Wildman–Crippen LogP) is 0.0891. The molecule has 0 amide bonds. The largest absolute Gasteiger partial charge is 0.378 e. The van der Waals surface area contributed by atoms with Crippen LogP contribution in [0.2, 0.25) is 0 Å². The zero-order chi connectivity index (χ0) is 8.10. The van der Waals surface area contributed by atoms with Gasteiger partial charge in [-0.05, 0) is 38.3 Å². The highest BCUT2D eigenvalue weighted by molar-refractivity contribution is 4.72. The van der Waals surface area contributed by atoms with Crippen LogP contribution in [0.4, 0.5) is 0 Å². The number of hydrogen-bond donors (Lipinski definition) is 2. The summed E-state index contributed by atoms with van der Waals surface area (Å²) >= 11 is 0. The van der Waals surface area contributed by atoms with Crippen molar-refractivity contribution in [3.8, 4) is 0 Å². The lowest BCUT2D eigenvalue weighted by Crippen LogP contribution is -2.31. The van der Waals surface area contributed by atoms with E-state index in [1.807, 2.05) is 0 Å². The van der Waals surface area contributed by atoms with Crippen LogP contribution in [0, 0.1) is 5.92 Å². The van der Waals surface area contributed by atoms with Crippen LogP contribution in [-0.2, 0) is 4.74 Å². The summed E-state index contributed by atoms with van der Waals surface area (Å²) in [7, 11) is 0. The second-order valence-corrected chi connectivity index (χ2v) is 3.20. The molecule has 0 radical (unpaired) electrons. The summed E-state index contributed by atoms with van der Waals surface area (Å²) in [6.45, 7) is 2.39. The van der Waals surface area contributed by atoms with Gasteiger partial charge in [0.05, 0.1) is 6.10 Å². The van der Waals surface area contributed by atoms with E-state index in [9.17, 15) is 0 Å². The third kappa shape index (κ3) is 2.77. The van der Waals surface area contributed by atoms with Crippen LogP contribution in [0.3, 0.4) is 0 Å². The SMILES string of the molecule is NCCC1CC(CN)CCO1. The van der Waals surface area contributed by atoms with E-state index in [-0.39, 0.29) is 0 Å². The average molecular weight is 158 g/mol. The molecule has 1 heterocycles. The fourth-order valence-electron chi connectivity index (χ4n) is 1.56. The molecule has 1 aliphatic rings. The first kappa shape index (κ1) is 8.97. The lowest BCUT2D eigenvalue weighted by Gasteiger charge is -2.28. The molecule has 4 N–H and O–H groups in total. The van der Waals surface area contributed by atoms with Gasteiger partial charge in [0, 0.05) is 6.61 Å². The normalized spacial score (nSPS) is 32.2. The van der Waals surface area contributed by atoms with Crippen LogP contribution in [0.15, 0.2) is 0 Å². The standard InChI is InChI=1S/C8H18N2O/c9-3-1-8-5-7(6-10)2-4-11-8/h7-8H,1-6,9-10H2. The average Bonchev–Trinajstić information content (AvgIpc) is 2.06. The van der Waals surface area contributed by atoms with Gasteiger partial charge in [0.2, 0.25) is 0 Å². The van der Waals surface area contributed by atoms with Gasteiger partial charge in [-0.15, -0.1) is 0 Å². The molecule has 3 nitrogen and oxygen atoms in total.